The number of anilines is 1. The van der Waals surface area contributed by atoms with Gasteiger partial charge in [0.2, 0.25) is 10.0 Å². The number of benzene rings is 1. The summed E-state index contributed by atoms with van der Waals surface area (Å²) in [5.41, 5.74) is 0. The summed E-state index contributed by atoms with van der Waals surface area (Å²) in [6, 6.07) is 6.47. The minimum absolute atomic E-state index is 0.0533. The summed E-state index contributed by atoms with van der Waals surface area (Å²) in [5.74, 6) is 0.534. The molecule has 8 heteroatoms. The standard InChI is InChI=1S/C15H19N3O3S2/c1-21-13-3-2-4-14(11-13)23(19,20)17-12-5-8-18(9-6-12)15-16-7-10-22-15/h2-4,7,10-12,17H,5-6,8-9H2,1H3. The number of piperidine rings is 1. The van der Waals surface area contributed by atoms with Crippen LogP contribution < -0.4 is 14.4 Å². The molecular formula is C15H19N3O3S2. The summed E-state index contributed by atoms with van der Waals surface area (Å²) in [5, 5.41) is 2.95. The van der Waals surface area contributed by atoms with E-state index in [1.165, 1.54) is 13.2 Å². The SMILES string of the molecule is COc1cccc(S(=O)(=O)NC2CCN(c3nccs3)CC2)c1. The number of hydrogen-bond acceptors (Lipinski definition) is 6. The number of rotatable bonds is 5. The van der Waals surface area contributed by atoms with Gasteiger partial charge in [0.05, 0.1) is 12.0 Å². The van der Waals surface area contributed by atoms with Crippen LogP contribution in [-0.2, 0) is 10.0 Å². The van der Waals surface area contributed by atoms with Crippen LogP contribution in [-0.4, -0.2) is 39.6 Å². The molecule has 6 nitrogen and oxygen atoms in total. The molecular weight excluding hydrogens is 334 g/mol. The zero-order valence-corrected chi connectivity index (χ0v) is 14.4. The number of methoxy groups -OCH3 is 1. The molecule has 1 N–H and O–H groups in total. The van der Waals surface area contributed by atoms with E-state index >= 15 is 0 Å². The van der Waals surface area contributed by atoms with Crippen molar-refractivity contribution in [3.05, 3.63) is 35.8 Å². The highest BCUT2D eigenvalue weighted by molar-refractivity contribution is 7.89. The number of hydrogen-bond donors (Lipinski definition) is 1. The number of sulfonamides is 1. The molecule has 124 valence electrons. The number of ether oxygens (including phenoxy) is 1. The fraction of sp³-hybridized carbons (Fsp3) is 0.400. The van der Waals surface area contributed by atoms with Crippen LogP contribution in [0.4, 0.5) is 5.13 Å². The second kappa shape index (κ2) is 6.86. The Morgan fingerprint density at radius 1 is 1.35 bits per heavy atom. The molecule has 1 aliphatic rings. The molecule has 0 saturated carbocycles. The van der Waals surface area contributed by atoms with Crippen molar-refractivity contribution in [3.63, 3.8) is 0 Å². The average Bonchev–Trinajstić information content (AvgIpc) is 3.10. The molecule has 0 amide bonds. The van der Waals surface area contributed by atoms with Crippen molar-refractivity contribution < 1.29 is 13.2 Å². The first-order valence-electron chi connectivity index (χ1n) is 7.39. The molecule has 2 aromatic rings. The van der Waals surface area contributed by atoms with E-state index in [2.05, 4.69) is 14.6 Å². The van der Waals surface area contributed by atoms with Gasteiger partial charge in [0, 0.05) is 36.8 Å². The number of thiazole rings is 1. The summed E-state index contributed by atoms with van der Waals surface area (Å²) in [4.78, 5) is 6.73. The molecule has 1 aromatic heterocycles. The maximum Gasteiger partial charge on any atom is 0.240 e. The van der Waals surface area contributed by atoms with E-state index in [4.69, 9.17) is 4.74 Å². The van der Waals surface area contributed by atoms with Gasteiger partial charge < -0.3 is 9.64 Å². The van der Waals surface area contributed by atoms with E-state index in [0.717, 1.165) is 31.1 Å². The highest BCUT2D eigenvalue weighted by atomic mass is 32.2. The van der Waals surface area contributed by atoms with Crippen LogP contribution in [0.2, 0.25) is 0 Å². The fourth-order valence-corrected chi connectivity index (χ4v) is 4.65. The third-order valence-corrected chi connectivity index (χ3v) is 6.21. The molecule has 0 aliphatic carbocycles. The van der Waals surface area contributed by atoms with Crippen LogP contribution in [0, 0.1) is 0 Å². The van der Waals surface area contributed by atoms with E-state index < -0.39 is 10.0 Å². The van der Waals surface area contributed by atoms with E-state index in [-0.39, 0.29) is 10.9 Å². The summed E-state index contributed by atoms with van der Waals surface area (Å²) in [6.45, 7) is 1.61. The van der Waals surface area contributed by atoms with Gasteiger partial charge >= 0.3 is 0 Å². The fourth-order valence-electron chi connectivity index (χ4n) is 2.62. The maximum atomic E-state index is 12.5. The second-order valence-corrected chi connectivity index (χ2v) is 7.96. The van der Waals surface area contributed by atoms with Gasteiger partial charge in [-0.2, -0.15) is 0 Å². The Bertz CT molecular complexity index is 739. The monoisotopic (exact) mass is 353 g/mol. The third-order valence-electron chi connectivity index (χ3n) is 3.86. The van der Waals surface area contributed by atoms with E-state index in [9.17, 15) is 8.42 Å². The summed E-state index contributed by atoms with van der Waals surface area (Å²) >= 11 is 1.61. The predicted molar refractivity (Wildman–Crippen MR) is 90.7 cm³/mol. The van der Waals surface area contributed by atoms with Crippen molar-refractivity contribution in [1.82, 2.24) is 9.71 Å². The van der Waals surface area contributed by atoms with Gasteiger partial charge in [-0.1, -0.05) is 6.07 Å². The normalized spacial score (nSPS) is 16.5. The molecule has 0 spiro atoms. The molecule has 0 atom stereocenters. The number of nitrogens with one attached hydrogen (secondary N) is 1. The van der Waals surface area contributed by atoms with Crippen LogP contribution in [0.15, 0.2) is 40.7 Å². The Balaban J connectivity index is 1.63. The third kappa shape index (κ3) is 3.82. The van der Waals surface area contributed by atoms with Crippen LogP contribution in [0.25, 0.3) is 0 Å². The van der Waals surface area contributed by atoms with Crippen molar-refractivity contribution in [3.8, 4) is 5.75 Å². The average molecular weight is 353 g/mol. The largest absolute Gasteiger partial charge is 0.497 e. The lowest BCUT2D eigenvalue weighted by molar-refractivity contribution is 0.413. The first kappa shape index (κ1) is 16.2. The van der Waals surface area contributed by atoms with Gasteiger partial charge in [0.1, 0.15) is 5.75 Å². The van der Waals surface area contributed by atoms with Crippen molar-refractivity contribution in [2.24, 2.45) is 0 Å². The molecule has 1 fully saturated rings. The molecule has 0 unspecified atom stereocenters. The van der Waals surface area contributed by atoms with Gasteiger partial charge in [-0.25, -0.2) is 18.1 Å². The minimum Gasteiger partial charge on any atom is -0.497 e. The molecule has 2 heterocycles. The lowest BCUT2D eigenvalue weighted by Gasteiger charge is -2.31. The highest BCUT2D eigenvalue weighted by Gasteiger charge is 2.25. The van der Waals surface area contributed by atoms with E-state index in [1.807, 2.05) is 5.38 Å². The molecule has 0 bridgehead atoms. The summed E-state index contributed by atoms with van der Waals surface area (Å²) in [6.07, 6.45) is 3.32. The Labute approximate surface area is 140 Å². The summed E-state index contributed by atoms with van der Waals surface area (Å²) < 4.78 is 32.9. The first-order valence-corrected chi connectivity index (χ1v) is 9.75. The number of nitrogens with zero attached hydrogens (tertiary/aromatic N) is 2. The van der Waals surface area contributed by atoms with Crippen molar-refractivity contribution in [1.29, 1.82) is 0 Å². The van der Waals surface area contributed by atoms with E-state index in [1.54, 1.807) is 35.7 Å². The first-order chi connectivity index (χ1) is 11.1. The summed E-state index contributed by atoms with van der Waals surface area (Å²) in [7, 11) is -2.00. The van der Waals surface area contributed by atoms with Crippen molar-refractivity contribution in [2.75, 3.05) is 25.1 Å². The maximum absolute atomic E-state index is 12.5. The van der Waals surface area contributed by atoms with Crippen molar-refractivity contribution >= 4 is 26.5 Å². The minimum atomic E-state index is -3.53. The topological polar surface area (TPSA) is 71.5 Å². The number of aromatic nitrogens is 1. The molecule has 0 radical (unpaired) electrons. The zero-order valence-electron chi connectivity index (χ0n) is 12.8. The van der Waals surface area contributed by atoms with Gasteiger partial charge in [0.25, 0.3) is 0 Å². The Morgan fingerprint density at radius 2 is 2.13 bits per heavy atom. The Hall–Kier alpha value is -1.64. The predicted octanol–water partition coefficient (Wildman–Crippen LogP) is 2.10. The van der Waals surface area contributed by atoms with Crippen LogP contribution in [0.5, 0.6) is 5.75 Å². The Kier molecular flexibility index (Phi) is 4.84. The quantitative estimate of drug-likeness (QED) is 0.891. The molecule has 1 aliphatic heterocycles. The Morgan fingerprint density at radius 3 is 2.78 bits per heavy atom. The van der Waals surface area contributed by atoms with Gasteiger partial charge in [0.15, 0.2) is 5.13 Å². The van der Waals surface area contributed by atoms with Gasteiger partial charge in [-0.3, -0.25) is 0 Å². The molecule has 3 rings (SSSR count). The van der Waals surface area contributed by atoms with Crippen LogP contribution >= 0.6 is 11.3 Å². The van der Waals surface area contributed by atoms with Gasteiger partial charge in [-0.05, 0) is 25.0 Å². The van der Waals surface area contributed by atoms with Crippen LogP contribution in [0.3, 0.4) is 0 Å². The van der Waals surface area contributed by atoms with Crippen LogP contribution in [0.1, 0.15) is 12.8 Å². The molecule has 1 saturated heterocycles. The lowest BCUT2D eigenvalue weighted by atomic mass is 10.1. The van der Waals surface area contributed by atoms with Gasteiger partial charge in [-0.15, -0.1) is 11.3 Å². The molecule has 23 heavy (non-hydrogen) atoms. The second-order valence-electron chi connectivity index (χ2n) is 5.38. The highest BCUT2D eigenvalue weighted by Crippen LogP contribution is 2.23. The lowest BCUT2D eigenvalue weighted by Crippen LogP contribution is -2.44. The van der Waals surface area contributed by atoms with Crippen molar-refractivity contribution in [2.45, 2.75) is 23.8 Å². The molecule has 1 aromatic carbocycles. The zero-order chi connectivity index (χ0) is 16.3. The smallest absolute Gasteiger partial charge is 0.240 e. The van der Waals surface area contributed by atoms with E-state index in [0.29, 0.717) is 5.75 Å².